The summed E-state index contributed by atoms with van der Waals surface area (Å²) in [6.45, 7) is -0.636. The van der Waals surface area contributed by atoms with E-state index in [1.165, 1.54) is 12.1 Å². The third-order valence-corrected chi connectivity index (χ3v) is 3.01. The van der Waals surface area contributed by atoms with Crippen LogP contribution in [0.5, 0.6) is 0 Å². The SMILES string of the molecule is O=C(NCCNc1ncccn1)c1ccc(COCC(F)(F)F)cc1. The number of halogens is 3. The van der Waals surface area contributed by atoms with Crippen LogP contribution < -0.4 is 10.6 Å². The Morgan fingerprint density at radius 2 is 1.76 bits per heavy atom. The molecule has 1 aromatic heterocycles. The van der Waals surface area contributed by atoms with E-state index in [4.69, 9.17) is 0 Å². The van der Waals surface area contributed by atoms with Crippen molar-refractivity contribution in [3.8, 4) is 0 Å². The number of nitrogens with zero attached hydrogens (tertiary/aromatic N) is 2. The Labute approximate surface area is 142 Å². The summed E-state index contributed by atoms with van der Waals surface area (Å²) >= 11 is 0. The van der Waals surface area contributed by atoms with Crippen molar-refractivity contribution in [2.24, 2.45) is 0 Å². The molecule has 0 aliphatic carbocycles. The number of hydrogen-bond donors (Lipinski definition) is 2. The zero-order chi connectivity index (χ0) is 18.1. The summed E-state index contributed by atoms with van der Waals surface area (Å²) in [7, 11) is 0. The molecule has 9 heteroatoms. The zero-order valence-corrected chi connectivity index (χ0v) is 13.2. The molecular weight excluding hydrogens is 337 g/mol. The fourth-order valence-electron chi connectivity index (χ4n) is 1.88. The first kappa shape index (κ1) is 18.7. The summed E-state index contributed by atoms with van der Waals surface area (Å²) in [4.78, 5) is 19.9. The maximum Gasteiger partial charge on any atom is 0.411 e. The molecule has 2 N–H and O–H groups in total. The van der Waals surface area contributed by atoms with Gasteiger partial charge < -0.3 is 15.4 Å². The highest BCUT2D eigenvalue weighted by Crippen LogP contribution is 2.15. The molecule has 0 radical (unpaired) electrons. The standard InChI is InChI=1S/C16H17F3N4O2/c17-16(18,19)11-25-10-12-2-4-13(5-3-12)14(24)20-8-9-23-15-21-6-1-7-22-15/h1-7H,8-11H2,(H,20,24)(H,21,22,23). The molecule has 0 spiro atoms. The summed E-state index contributed by atoms with van der Waals surface area (Å²) < 4.78 is 40.5. The Balaban J connectivity index is 1.70. The molecule has 0 aliphatic heterocycles. The second-order valence-electron chi connectivity index (χ2n) is 5.06. The van der Waals surface area contributed by atoms with Gasteiger partial charge in [-0.2, -0.15) is 13.2 Å². The van der Waals surface area contributed by atoms with Gasteiger partial charge in [0.05, 0.1) is 6.61 Å². The Hall–Kier alpha value is -2.68. The second kappa shape index (κ2) is 8.97. The van der Waals surface area contributed by atoms with Gasteiger partial charge in [0.1, 0.15) is 6.61 Å². The molecule has 0 saturated heterocycles. The van der Waals surface area contributed by atoms with E-state index in [0.717, 1.165) is 0 Å². The van der Waals surface area contributed by atoms with Crippen molar-refractivity contribution in [2.75, 3.05) is 25.0 Å². The van der Waals surface area contributed by atoms with Crippen LogP contribution in [0.25, 0.3) is 0 Å². The molecule has 0 aliphatic rings. The van der Waals surface area contributed by atoms with Crippen LogP contribution >= 0.6 is 0 Å². The highest BCUT2D eigenvalue weighted by Gasteiger charge is 2.27. The molecule has 0 bridgehead atoms. The number of rotatable bonds is 8. The summed E-state index contributed by atoms with van der Waals surface area (Å²) in [5.41, 5.74) is 0.972. The molecule has 0 unspecified atom stereocenters. The first-order valence-corrected chi connectivity index (χ1v) is 7.46. The molecule has 134 valence electrons. The van der Waals surface area contributed by atoms with E-state index < -0.39 is 12.8 Å². The van der Waals surface area contributed by atoms with Crippen LogP contribution in [-0.4, -0.2) is 41.7 Å². The number of carbonyl (C=O) groups excluding carboxylic acids is 1. The largest absolute Gasteiger partial charge is 0.411 e. The van der Waals surface area contributed by atoms with Gasteiger partial charge in [-0.05, 0) is 23.8 Å². The second-order valence-corrected chi connectivity index (χ2v) is 5.06. The zero-order valence-electron chi connectivity index (χ0n) is 13.2. The summed E-state index contributed by atoms with van der Waals surface area (Å²) in [5.74, 6) is 0.193. The number of nitrogens with one attached hydrogen (secondary N) is 2. The van der Waals surface area contributed by atoms with E-state index in [-0.39, 0.29) is 12.5 Å². The number of hydrogen-bond acceptors (Lipinski definition) is 5. The van der Waals surface area contributed by atoms with Gasteiger partial charge in [-0.1, -0.05) is 12.1 Å². The summed E-state index contributed by atoms with van der Waals surface area (Å²) in [6.07, 6.45) is -1.14. The molecule has 2 rings (SSSR count). The monoisotopic (exact) mass is 354 g/mol. The van der Waals surface area contributed by atoms with Gasteiger partial charge in [0.25, 0.3) is 5.91 Å². The van der Waals surface area contributed by atoms with Crippen molar-refractivity contribution in [1.29, 1.82) is 0 Å². The van der Waals surface area contributed by atoms with Crippen molar-refractivity contribution in [1.82, 2.24) is 15.3 Å². The minimum atomic E-state index is -4.35. The average Bonchev–Trinajstić information content (AvgIpc) is 2.59. The average molecular weight is 354 g/mol. The maximum absolute atomic E-state index is 12.0. The fourth-order valence-corrected chi connectivity index (χ4v) is 1.88. The van der Waals surface area contributed by atoms with Gasteiger partial charge in [0.15, 0.2) is 0 Å². The Kier molecular flexibility index (Phi) is 6.70. The van der Waals surface area contributed by atoms with E-state index in [1.54, 1.807) is 30.6 Å². The molecule has 25 heavy (non-hydrogen) atoms. The maximum atomic E-state index is 12.0. The summed E-state index contributed by atoms with van der Waals surface area (Å²) in [6, 6.07) is 7.89. The summed E-state index contributed by atoms with van der Waals surface area (Å²) in [5, 5.41) is 5.67. The van der Waals surface area contributed by atoms with E-state index >= 15 is 0 Å². The molecule has 1 aromatic carbocycles. The Morgan fingerprint density at radius 3 is 2.40 bits per heavy atom. The highest BCUT2D eigenvalue weighted by atomic mass is 19.4. The van der Waals surface area contributed by atoms with Crippen LogP contribution in [0.3, 0.4) is 0 Å². The first-order chi connectivity index (χ1) is 11.9. The third-order valence-electron chi connectivity index (χ3n) is 3.01. The van der Waals surface area contributed by atoms with Gasteiger partial charge in [0, 0.05) is 31.0 Å². The van der Waals surface area contributed by atoms with Crippen molar-refractivity contribution < 1.29 is 22.7 Å². The molecule has 1 heterocycles. The van der Waals surface area contributed by atoms with Crippen molar-refractivity contribution in [3.05, 3.63) is 53.9 Å². The van der Waals surface area contributed by atoms with Crippen molar-refractivity contribution in [3.63, 3.8) is 0 Å². The van der Waals surface area contributed by atoms with Crippen LogP contribution in [0.1, 0.15) is 15.9 Å². The predicted octanol–water partition coefficient (Wildman–Crippen LogP) is 2.40. The van der Waals surface area contributed by atoms with Crippen LogP contribution in [0.15, 0.2) is 42.7 Å². The topological polar surface area (TPSA) is 76.1 Å². The lowest BCUT2D eigenvalue weighted by Crippen LogP contribution is -2.29. The minimum absolute atomic E-state index is 0.164. The molecule has 0 fully saturated rings. The third kappa shape index (κ3) is 7.17. The van der Waals surface area contributed by atoms with Crippen LogP contribution in [0.2, 0.25) is 0 Å². The molecular formula is C16H17F3N4O2. The van der Waals surface area contributed by atoms with Gasteiger partial charge in [-0.25, -0.2) is 9.97 Å². The number of alkyl halides is 3. The lowest BCUT2D eigenvalue weighted by molar-refractivity contribution is -0.176. The Bertz CT molecular complexity index is 663. The lowest BCUT2D eigenvalue weighted by atomic mass is 10.1. The van der Waals surface area contributed by atoms with Crippen molar-refractivity contribution in [2.45, 2.75) is 12.8 Å². The van der Waals surface area contributed by atoms with Crippen LogP contribution in [-0.2, 0) is 11.3 Å². The number of anilines is 1. The first-order valence-electron chi connectivity index (χ1n) is 7.46. The minimum Gasteiger partial charge on any atom is -0.367 e. The quantitative estimate of drug-likeness (QED) is 0.712. The number of benzene rings is 1. The highest BCUT2D eigenvalue weighted by molar-refractivity contribution is 5.94. The number of ether oxygens (including phenoxy) is 1. The van der Waals surface area contributed by atoms with Gasteiger partial charge in [-0.3, -0.25) is 4.79 Å². The van der Waals surface area contributed by atoms with E-state index in [0.29, 0.717) is 30.2 Å². The Morgan fingerprint density at radius 1 is 1.08 bits per heavy atom. The van der Waals surface area contributed by atoms with Crippen LogP contribution in [0, 0.1) is 0 Å². The van der Waals surface area contributed by atoms with Gasteiger partial charge >= 0.3 is 6.18 Å². The van der Waals surface area contributed by atoms with Crippen molar-refractivity contribution >= 4 is 11.9 Å². The van der Waals surface area contributed by atoms with Gasteiger partial charge in [-0.15, -0.1) is 0 Å². The normalized spacial score (nSPS) is 11.2. The van der Waals surface area contributed by atoms with Gasteiger partial charge in [0.2, 0.25) is 5.95 Å². The molecule has 2 aromatic rings. The van der Waals surface area contributed by atoms with E-state index in [2.05, 4.69) is 25.3 Å². The molecule has 6 nitrogen and oxygen atoms in total. The number of amides is 1. The fraction of sp³-hybridized carbons (Fsp3) is 0.312. The lowest BCUT2D eigenvalue weighted by Gasteiger charge is -2.09. The van der Waals surface area contributed by atoms with E-state index in [9.17, 15) is 18.0 Å². The van der Waals surface area contributed by atoms with Crippen LogP contribution in [0.4, 0.5) is 19.1 Å². The number of carbonyl (C=O) groups is 1. The molecule has 1 amide bonds. The van der Waals surface area contributed by atoms with E-state index in [1.807, 2.05) is 0 Å². The number of aromatic nitrogens is 2. The smallest absolute Gasteiger partial charge is 0.367 e. The molecule has 0 atom stereocenters. The predicted molar refractivity (Wildman–Crippen MR) is 85.0 cm³/mol. The molecule has 0 saturated carbocycles.